The van der Waals surface area contributed by atoms with Gasteiger partial charge in [-0.15, -0.1) is 0 Å². The van der Waals surface area contributed by atoms with Gasteiger partial charge in [0, 0.05) is 24.3 Å². The normalized spacial score (nSPS) is 18.0. The Morgan fingerprint density at radius 2 is 1.87 bits per heavy atom. The van der Waals surface area contributed by atoms with Crippen LogP contribution in [0.3, 0.4) is 0 Å². The molecule has 23 heavy (non-hydrogen) atoms. The molecule has 1 atom stereocenters. The van der Waals surface area contributed by atoms with Crippen LogP contribution in [0.1, 0.15) is 24.1 Å². The molecule has 2 heterocycles. The third-order valence-electron chi connectivity index (χ3n) is 3.82. The molecule has 0 bridgehead atoms. The van der Waals surface area contributed by atoms with Gasteiger partial charge in [0.2, 0.25) is 0 Å². The molecule has 0 saturated carbocycles. The molecule has 8 heteroatoms. The fourth-order valence-corrected chi connectivity index (χ4v) is 2.76. The number of aliphatic hydroxyl groups excluding tert-OH is 1. The number of dihydropyridines is 1. The van der Waals surface area contributed by atoms with E-state index in [0.717, 1.165) is 0 Å². The van der Waals surface area contributed by atoms with E-state index >= 15 is 0 Å². The number of carboxylic acids is 2. The number of hydrogen-bond acceptors (Lipinski definition) is 5. The highest BCUT2D eigenvalue weighted by Gasteiger charge is 2.39. The van der Waals surface area contributed by atoms with Crippen LogP contribution < -0.4 is 10.0 Å². The number of hydrogen-bond donors (Lipinski definition) is 4. The number of aromatic nitrogens is 1. The first-order valence-electron chi connectivity index (χ1n) is 6.76. The molecule has 1 aromatic heterocycles. The third-order valence-corrected chi connectivity index (χ3v) is 3.82. The Kier molecular flexibility index (Phi) is 4.37. The molecule has 0 aliphatic carbocycles. The van der Waals surface area contributed by atoms with Gasteiger partial charge in [0.05, 0.1) is 29.4 Å². The second-order valence-electron chi connectivity index (χ2n) is 5.13. The zero-order chi connectivity index (χ0) is 17.3. The Morgan fingerprint density at radius 3 is 2.39 bits per heavy atom. The van der Waals surface area contributed by atoms with Crippen LogP contribution in [-0.4, -0.2) is 33.9 Å². The Labute approximate surface area is 131 Å². The lowest BCUT2D eigenvalue weighted by Gasteiger charge is -2.29. The van der Waals surface area contributed by atoms with Gasteiger partial charge in [-0.2, -0.15) is 4.73 Å². The van der Waals surface area contributed by atoms with E-state index in [1.54, 1.807) is 0 Å². The van der Waals surface area contributed by atoms with E-state index in [-0.39, 0.29) is 33.8 Å². The van der Waals surface area contributed by atoms with E-state index in [0.29, 0.717) is 4.73 Å². The summed E-state index contributed by atoms with van der Waals surface area (Å²) in [6.45, 7) is 2.37. The van der Waals surface area contributed by atoms with Gasteiger partial charge >= 0.3 is 11.9 Å². The fraction of sp³-hybridized carbons (Fsp3) is 0.267. The summed E-state index contributed by atoms with van der Waals surface area (Å²) >= 11 is 0. The van der Waals surface area contributed by atoms with Crippen molar-refractivity contribution in [1.82, 2.24) is 5.32 Å². The number of rotatable bonds is 4. The average Bonchev–Trinajstić information content (AvgIpc) is 2.48. The molecule has 0 saturated heterocycles. The first-order chi connectivity index (χ1) is 10.8. The zero-order valence-corrected chi connectivity index (χ0v) is 12.5. The number of carboxylic acid groups (broad SMARTS) is 2. The number of pyridine rings is 1. The topological polar surface area (TPSA) is 134 Å². The van der Waals surface area contributed by atoms with Gasteiger partial charge < -0.3 is 25.8 Å². The summed E-state index contributed by atoms with van der Waals surface area (Å²) < 4.78 is 0.546. The highest BCUT2D eigenvalue weighted by atomic mass is 16.5. The van der Waals surface area contributed by atoms with E-state index in [1.807, 2.05) is 0 Å². The Balaban J connectivity index is 2.81. The summed E-state index contributed by atoms with van der Waals surface area (Å²) in [5, 5.41) is 42.8. The summed E-state index contributed by atoms with van der Waals surface area (Å²) in [5.41, 5.74) is 0.229. The van der Waals surface area contributed by atoms with Gasteiger partial charge in [-0.1, -0.05) is 0 Å². The molecular weight excluding hydrogens is 304 g/mol. The molecule has 122 valence electrons. The summed E-state index contributed by atoms with van der Waals surface area (Å²) in [7, 11) is 0. The molecule has 0 amide bonds. The first kappa shape index (κ1) is 16.5. The minimum atomic E-state index is -1.36. The van der Waals surface area contributed by atoms with Crippen LogP contribution in [0.2, 0.25) is 0 Å². The molecule has 1 aromatic rings. The third kappa shape index (κ3) is 2.76. The molecule has 0 fully saturated rings. The largest absolute Gasteiger partial charge is 0.619 e. The van der Waals surface area contributed by atoms with Crippen LogP contribution >= 0.6 is 0 Å². The first-order valence-corrected chi connectivity index (χ1v) is 6.76. The standard InChI is InChI=1S/C15H16N2O6/c1-7-11(14(19)20)12(9-4-3-5-17(23)8(9)2)13(15(21)22)10(6-18)16-7/h3-5,12,16,18H,6H2,1-2H3,(H,19,20)(H,21,22). The van der Waals surface area contributed by atoms with Crippen LogP contribution in [-0.2, 0) is 9.59 Å². The second-order valence-corrected chi connectivity index (χ2v) is 5.13. The maximum atomic E-state index is 11.8. The lowest BCUT2D eigenvalue weighted by Crippen LogP contribution is -2.36. The van der Waals surface area contributed by atoms with Gasteiger partial charge in [-0.3, -0.25) is 0 Å². The van der Waals surface area contributed by atoms with E-state index < -0.39 is 24.5 Å². The van der Waals surface area contributed by atoms with Crippen molar-refractivity contribution in [2.45, 2.75) is 19.8 Å². The van der Waals surface area contributed by atoms with Crippen molar-refractivity contribution >= 4 is 11.9 Å². The van der Waals surface area contributed by atoms with E-state index in [1.165, 1.54) is 32.2 Å². The number of aliphatic hydroxyl groups is 1. The highest BCUT2D eigenvalue weighted by Crippen LogP contribution is 2.38. The predicted molar refractivity (Wildman–Crippen MR) is 78.1 cm³/mol. The lowest BCUT2D eigenvalue weighted by molar-refractivity contribution is -0.612. The van der Waals surface area contributed by atoms with Crippen molar-refractivity contribution < 1.29 is 29.6 Å². The van der Waals surface area contributed by atoms with Crippen LogP contribution in [0, 0.1) is 12.1 Å². The van der Waals surface area contributed by atoms with Crippen LogP contribution in [0.15, 0.2) is 40.9 Å². The predicted octanol–water partition coefficient (Wildman–Crippen LogP) is 0.00482. The van der Waals surface area contributed by atoms with Crippen LogP contribution in [0.25, 0.3) is 0 Å². The summed E-state index contributed by atoms with van der Waals surface area (Å²) in [6.07, 6.45) is 1.24. The van der Waals surface area contributed by atoms with Gasteiger partial charge in [0.15, 0.2) is 11.9 Å². The minimum Gasteiger partial charge on any atom is -0.619 e. The van der Waals surface area contributed by atoms with E-state index in [4.69, 9.17) is 0 Å². The van der Waals surface area contributed by atoms with Crippen molar-refractivity contribution in [2.75, 3.05) is 6.61 Å². The maximum absolute atomic E-state index is 11.8. The number of carbonyl (C=O) groups is 2. The van der Waals surface area contributed by atoms with Crippen molar-refractivity contribution in [3.05, 3.63) is 57.3 Å². The smallest absolute Gasteiger partial charge is 0.334 e. The highest BCUT2D eigenvalue weighted by molar-refractivity contribution is 5.98. The van der Waals surface area contributed by atoms with E-state index in [9.17, 15) is 30.1 Å². The summed E-state index contributed by atoms with van der Waals surface area (Å²) in [6, 6.07) is 2.93. The molecular formula is C15H16N2O6. The number of nitrogens with zero attached hydrogens (tertiary/aromatic N) is 1. The molecule has 2 rings (SSSR count). The molecule has 1 unspecified atom stereocenters. The van der Waals surface area contributed by atoms with E-state index in [2.05, 4.69) is 5.32 Å². The number of allylic oxidation sites excluding steroid dienone is 1. The molecule has 1 aliphatic rings. The maximum Gasteiger partial charge on any atom is 0.334 e. The SMILES string of the molecule is CC1=C(C(=O)O)C(c2ccc[n+]([O-])c2C)C(C(=O)O)=C(CO)N1. The van der Waals surface area contributed by atoms with Gasteiger partial charge in [-0.05, 0) is 13.0 Å². The number of nitrogens with one attached hydrogen (secondary N) is 1. The zero-order valence-electron chi connectivity index (χ0n) is 12.5. The van der Waals surface area contributed by atoms with Crippen molar-refractivity contribution in [2.24, 2.45) is 0 Å². The molecule has 4 N–H and O–H groups in total. The molecule has 0 spiro atoms. The Morgan fingerprint density at radius 1 is 1.26 bits per heavy atom. The molecule has 1 aliphatic heterocycles. The Bertz CT molecular complexity index is 750. The summed E-state index contributed by atoms with van der Waals surface area (Å²) in [5.74, 6) is -3.82. The summed E-state index contributed by atoms with van der Waals surface area (Å²) in [4.78, 5) is 23.3. The van der Waals surface area contributed by atoms with Crippen LogP contribution in [0.4, 0.5) is 0 Å². The van der Waals surface area contributed by atoms with Gasteiger partial charge in [-0.25, -0.2) is 9.59 Å². The molecule has 8 nitrogen and oxygen atoms in total. The van der Waals surface area contributed by atoms with Crippen molar-refractivity contribution in [1.29, 1.82) is 0 Å². The fourth-order valence-electron chi connectivity index (χ4n) is 2.76. The van der Waals surface area contributed by atoms with Crippen molar-refractivity contribution in [3.63, 3.8) is 0 Å². The second kappa shape index (κ2) is 6.09. The average molecular weight is 320 g/mol. The van der Waals surface area contributed by atoms with Gasteiger partial charge in [0.1, 0.15) is 0 Å². The molecule has 0 radical (unpaired) electrons. The van der Waals surface area contributed by atoms with Crippen LogP contribution in [0.5, 0.6) is 0 Å². The molecule has 0 aromatic carbocycles. The quantitative estimate of drug-likeness (QED) is 0.453. The number of aliphatic carboxylic acids is 2. The van der Waals surface area contributed by atoms with Gasteiger partial charge in [0.25, 0.3) is 0 Å². The minimum absolute atomic E-state index is 0.00528. The Hall–Kier alpha value is -2.87. The van der Waals surface area contributed by atoms with Crippen molar-refractivity contribution in [3.8, 4) is 0 Å². The monoisotopic (exact) mass is 320 g/mol. The lowest BCUT2D eigenvalue weighted by atomic mass is 9.80.